The minimum absolute atomic E-state index is 0.0318. The van der Waals surface area contributed by atoms with E-state index in [1.165, 1.54) is 0 Å². The first kappa shape index (κ1) is 12.4. The second kappa shape index (κ2) is 5.04. The number of aromatic nitrogens is 1. The van der Waals surface area contributed by atoms with E-state index in [1.807, 2.05) is 31.2 Å². The van der Waals surface area contributed by atoms with Crippen molar-refractivity contribution in [2.24, 2.45) is 0 Å². The van der Waals surface area contributed by atoms with Crippen LogP contribution in [0, 0.1) is 6.92 Å². The highest BCUT2D eigenvalue weighted by Crippen LogP contribution is 2.19. The van der Waals surface area contributed by atoms with Crippen LogP contribution in [0.5, 0.6) is 0 Å². The molecule has 18 heavy (non-hydrogen) atoms. The molecule has 0 unspecified atom stereocenters. The fourth-order valence-electron chi connectivity index (χ4n) is 1.72. The van der Waals surface area contributed by atoms with Crippen LogP contribution in [-0.4, -0.2) is 36.4 Å². The summed E-state index contributed by atoms with van der Waals surface area (Å²) in [6.45, 7) is 2.25. The molecule has 1 N–H and O–H groups in total. The van der Waals surface area contributed by atoms with E-state index in [0.29, 0.717) is 0 Å². The number of pyridine rings is 1. The number of amides is 1. The van der Waals surface area contributed by atoms with Gasteiger partial charge >= 0.3 is 0 Å². The molecule has 94 valence electrons. The van der Waals surface area contributed by atoms with Crippen molar-refractivity contribution in [3.63, 3.8) is 0 Å². The highest BCUT2D eigenvalue weighted by atomic mass is 16.2. The predicted octanol–water partition coefficient (Wildman–Crippen LogP) is 2.04. The minimum Gasteiger partial charge on any atom is -0.361 e. The molecule has 1 aromatic carbocycles. The summed E-state index contributed by atoms with van der Waals surface area (Å²) < 4.78 is 0. The van der Waals surface area contributed by atoms with Gasteiger partial charge in [0.1, 0.15) is 5.82 Å². The van der Waals surface area contributed by atoms with E-state index >= 15 is 0 Å². The summed E-state index contributed by atoms with van der Waals surface area (Å²) in [5, 5.41) is 4.19. The molecule has 0 aliphatic heterocycles. The van der Waals surface area contributed by atoms with E-state index in [9.17, 15) is 4.79 Å². The van der Waals surface area contributed by atoms with E-state index in [4.69, 9.17) is 0 Å². The monoisotopic (exact) mass is 243 g/mol. The predicted molar refractivity (Wildman–Crippen MR) is 73.7 cm³/mol. The lowest BCUT2D eigenvalue weighted by molar-refractivity contribution is -0.126. The molecular formula is C14H17N3O. The Morgan fingerprint density at radius 1 is 1.33 bits per heavy atom. The number of benzene rings is 1. The average Bonchev–Trinajstić information content (AvgIpc) is 2.35. The smallest absolute Gasteiger partial charge is 0.241 e. The zero-order valence-electron chi connectivity index (χ0n) is 10.9. The molecule has 0 saturated carbocycles. The molecule has 0 saturated heterocycles. The number of likely N-dealkylation sites (N-methyl/N-ethyl adjacent to an activating group) is 1. The van der Waals surface area contributed by atoms with Crippen LogP contribution in [0.2, 0.25) is 0 Å². The standard InChI is InChI=1S/C14H17N3O/c1-10-8-11-6-4-5-7-12(11)16-14(10)15-9-13(18)17(2)3/h4-8H,9H2,1-3H3,(H,15,16). The number of rotatable bonds is 3. The van der Waals surface area contributed by atoms with Gasteiger partial charge in [-0.1, -0.05) is 18.2 Å². The maximum atomic E-state index is 11.5. The van der Waals surface area contributed by atoms with Crippen molar-refractivity contribution >= 4 is 22.6 Å². The third-order valence-corrected chi connectivity index (χ3v) is 2.82. The summed E-state index contributed by atoms with van der Waals surface area (Å²) in [4.78, 5) is 17.6. The highest BCUT2D eigenvalue weighted by Gasteiger charge is 2.06. The fraction of sp³-hybridized carbons (Fsp3) is 0.286. The van der Waals surface area contributed by atoms with Crippen LogP contribution < -0.4 is 5.32 Å². The van der Waals surface area contributed by atoms with Crippen LogP contribution in [0.1, 0.15) is 5.56 Å². The van der Waals surface area contributed by atoms with Crippen molar-refractivity contribution in [3.8, 4) is 0 Å². The molecule has 0 fully saturated rings. The number of nitrogens with zero attached hydrogens (tertiary/aromatic N) is 2. The Bertz CT molecular complexity index is 578. The molecule has 4 nitrogen and oxygen atoms in total. The van der Waals surface area contributed by atoms with Crippen LogP contribution in [0.4, 0.5) is 5.82 Å². The first-order chi connectivity index (χ1) is 8.58. The van der Waals surface area contributed by atoms with Gasteiger partial charge in [0.25, 0.3) is 0 Å². The van der Waals surface area contributed by atoms with Crippen molar-refractivity contribution < 1.29 is 4.79 Å². The summed E-state index contributed by atoms with van der Waals surface area (Å²) in [5.74, 6) is 0.799. The third kappa shape index (κ3) is 2.59. The molecule has 2 aromatic rings. The highest BCUT2D eigenvalue weighted by molar-refractivity contribution is 5.83. The molecule has 0 aliphatic carbocycles. The van der Waals surface area contributed by atoms with Crippen LogP contribution in [0.25, 0.3) is 10.9 Å². The summed E-state index contributed by atoms with van der Waals surface area (Å²) >= 11 is 0. The van der Waals surface area contributed by atoms with Gasteiger partial charge < -0.3 is 10.2 Å². The van der Waals surface area contributed by atoms with Crippen LogP contribution in [0.3, 0.4) is 0 Å². The van der Waals surface area contributed by atoms with E-state index in [-0.39, 0.29) is 12.5 Å². The van der Waals surface area contributed by atoms with Gasteiger partial charge in [-0.3, -0.25) is 4.79 Å². The Morgan fingerprint density at radius 3 is 2.78 bits per heavy atom. The molecule has 1 heterocycles. The van der Waals surface area contributed by atoms with Gasteiger partial charge in [0, 0.05) is 19.5 Å². The Morgan fingerprint density at radius 2 is 2.06 bits per heavy atom. The molecule has 2 rings (SSSR count). The number of hydrogen-bond acceptors (Lipinski definition) is 3. The number of anilines is 1. The summed E-state index contributed by atoms with van der Waals surface area (Å²) in [6, 6.07) is 10.0. The van der Waals surface area contributed by atoms with Crippen LogP contribution in [-0.2, 0) is 4.79 Å². The molecule has 1 aromatic heterocycles. The van der Waals surface area contributed by atoms with E-state index in [2.05, 4.69) is 16.4 Å². The van der Waals surface area contributed by atoms with Crippen molar-refractivity contribution in [1.29, 1.82) is 0 Å². The number of carbonyl (C=O) groups excluding carboxylic acids is 1. The van der Waals surface area contributed by atoms with E-state index in [1.54, 1.807) is 19.0 Å². The van der Waals surface area contributed by atoms with Crippen molar-refractivity contribution in [2.45, 2.75) is 6.92 Å². The largest absolute Gasteiger partial charge is 0.361 e. The van der Waals surface area contributed by atoms with Gasteiger partial charge in [0.2, 0.25) is 5.91 Å². The number of carbonyl (C=O) groups is 1. The molecule has 0 radical (unpaired) electrons. The van der Waals surface area contributed by atoms with Gasteiger partial charge in [-0.2, -0.15) is 0 Å². The van der Waals surface area contributed by atoms with Crippen molar-refractivity contribution in [3.05, 3.63) is 35.9 Å². The number of nitrogens with one attached hydrogen (secondary N) is 1. The van der Waals surface area contributed by atoms with Gasteiger partial charge in [0.05, 0.1) is 12.1 Å². The summed E-state index contributed by atoms with van der Waals surface area (Å²) in [7, 11) is 3.48. The third-order valence-electron chi connectivity index (χ3n) is 2.82. The first-order valence-corrected chi connectivity index (χ1v) is 5.88. The number of fused-ring (bicyclic) bond motifs is 1. The van der Waals surface area contributed by atoms with Gasteiger partial charge in [-0.05, 0) is 24.6 Å². The Balaban J connectivity index is 2.23. The second-order valence-corrected chi connectivity index (χ2v) is 4.49. The molecule has 0 bridgehead atoms. The first-order valence-electron chi connectivity index (χ1n) is 5.88. The summed E-state index contributed by atoms with van der Waals surface area (Å²) in [5.41, 5.74) is 1.98. The van der Waals surface area contributed by atoms with Crippen molar-refractivity contribution in [1.82, 2.24) is 9.88 Å². The topological polar surface area (TPSA) is 45.2 Å². The number of hydrogen-bond donors (Lipinski definition) is 1. The average molecular weight is 243 g/mol. The molecule has 4 heteroatoms. The zero-order chi connectivity index (χ0) is 13.1. The van der Waals surface area contributed by atoms with Gasteiger partial charge in [-0.15, -0.1) is 0 Å². The minimum atomic E-state index is 0.0318. The second-order valence-electron chi connectivity index (χ2n) is 4.49. The number of para-hydroxylation sites is 1. The van der Waals surface area contributed by atoms with Crippen LogP contribution >= 0.6 is 0 Å². The fourth-order valence-corrected chi connectivity index (χ4v) is 1.72. The molecular weight excluding hydrogens is 226 g/mol. The van der Waals surface area contributed by atoms with E-state index < -0.39 is 0 Å². The summed E-state index contributed by atoms with van der Waals surface area (Å²) in [6.07, 6.45) is 0. The molecule has 0 spiro atoms. The molecule has 0 aliphatic rings. The maximum absolute atomic E-state index is 11.5. The van der Waals surface area contributed by atoms with Crippen molar-refractivity contribution in [2.75, 3.05) is 26.0 Å². The van der Waals surface area contributed by atoms with Gasteiger partial charge in [0.15, 0.2) is 0 Å². The lowest BCUT2D eigenvalue weighted by atomic mass is 10.1. The van der Waals surface area contributed by atoms with Gasteiger partial charge in [-0.25, -0.2) is 4.98 Å². The number of aryl methyl sites for hydroxylation is 1. The Labute approximate surface area is 107 Å². The molecule has 0 atom stereocenters. The SMILES string of the molecule is Cc1cc2ccccc2nc1NCC(=O)N(C)C. The van der Waals surface area contributed by atoms with Crippen LogP contribution in [0.15, 0.2) is 30.3 Å². The Hall–Kier alpha value is -2.10. The zero-order valence-corrected chi connectivity index (χ0v) is 10.9. The molecule has 1 amide bonds. The lowest BCUT2D eigenvalue weighted by Gasteiger charge is -2.13. The Kier molecular flexibility index (Phi) is 3.46. The quantitative estimate of drug-likeness (QED) is 0.897. The normalized spacial score (nSPS) is 10.4. The lowest BCUT2D eigenvalue weighted by Crippen LogP contribution is -2.29. The maximum Gasteiger partial charge on any atom is 0.241 e. The van der Waals surface area contributed by atoms with E-state index in [0.717, 1.165) is 22.3 Å².